The molecule has 0 bridgehead atoms. The molecule has 2 atom stereocenters. The van der Waals surface area contributed by atoms with Crippen molar-refractivity contribution in [2.24, 2.45) is 0 Å². The fourth-order valence-corrected chi connectivity index (χ4v) is 3.17. The van der Waals surface area contributed by atoms with E-state index in [0.29, 0.717) is 16.0 Å². The number of rotatable bonds is 2. The van der Waals surface area contributed by atoms with Crippen LogP contribution in [0.3, 0.4) is 0 Å². The minimum Gasteiger partial charge on any atom is -0.467 e. The number of hydrogen-bond acceptors (Lipinski definition) is 5. The molecule has 3 heterocycles. The molecular weight excluding hydrogens is 337 g/mol. The van der Waals surface area contributed by atoms with E-state index in [0.717, 1.165) is 17.7 Å². The Labute approximate surface area is 142 Å². The molecule has 118 valence electrons. The van der Waals surface area contributed by atoms with Gasteiger partial charge in [-0.3, -0.25) is 0 Å². The van der Waals surface area contributed by atoms with Crippen LogP contribution in [0.15, 0.2) is 41.0 Å². The zero-order valence-corrected chi connectivity index (χ0v) is 13.4. The van der Waals surface area contributed by atoms with Crippen LogP contribution in [0, 0.1) is 0 Å². The average Bonchev–Trinajstić information content (AvgIpc) is 3.17. The molecule has 0 unspecified atom stereocenters. The summed E-state index contributed by atoms with van der Waals surface area (Å²) in [6, 6.07) is 9.27. The highest BCUT2D eigenvalue weighted by molar-refractivity contribution is 6.42. The number of nitrogens with one attached hydrogen (secondary N) is 1. The standard InChI is InChI=1S/C15H13Cl2N5O/c16-9-4-3-8(6-10(9)17)11-7-12(13-2-1-5-23-13)22-15(19-11)20-14(18)21-22/h1-6,11-12H,7H2,(H3,18,19,20,21)/t11-,12+/m1/s1. The zero-order chi connectivity index (χ0) is 16.0. The normalized spacial score (nSPS) is 20.1. The van der Waals surface area contributed by atoms with Crippen LogP contribution < -0.4 is 11.1 Å². The number of aromatic nitrogens is 3. The van der Waals surface area contributed by atoms with Crippen molar-refractivity contribution >= 4 is 35.1 Å². The van der Waals surface area contributed by atoms with E-state index < -0.39 is 0 Å². The third-order valence-corrected chi connectivity index (χ3v) is 4.66. The van der Waals surface area contributed by atoms with E-state index in [1.54, 1.807) is 17.0 Å². The monoisotopic (exact) mass is 349 g/mol. The van der Waals surface area contributed by atoms with Gasteiger partial charge in [0.1, 0.15) is 11.8 Å². The van der Waals surface area contributed by atoms with Crippen LogP contribution in [-0.4, -0.2) is 14.8 Å². The molecule has 0 amide bonds. The maximum Gasteiger partial charge on any atom is 0.241 e. The molecule has 23 heavy (non-hydrogen) atoms. The summed E-state index contributed by atoms with van der Waals surface area (Å²) in [4.78, 5) is 4.24. The van der Waals surface area contributed by atoms with E-state index in [2.05, 4.69) is 15.4 Å². The molecule has 0 saturated carbocycles. The van der Waals surface area contributed by atoms with Crippen molar-refractivity contribution in [1.29, 1.82) is 0 Å². The lowest BCUT2D eigenvalue weighted by molar-refractivity contribution is 0.359. The summed E-state index contributed by atoms with van der Waals surface area (Å²) in [5, 5.41) is 8.65. The van der Waals surface area contributed by atoms with Gasteiger partial charge in [0.25, 0.3) is 0 Å². The number of nitrogen functional groups attached to an aromatic ring is 1. The van der Waals surface area contributed by atoms with Crippen LogP contribution in [0.5, 0.6) is 0 Å². The minimum atomic E-state index is -0.0921. The van der Waals surface area contributed by atoms with Gasteiger partial charge >= 0.3 is 0 Å². The molecule has 3 N–H and O–H groups in total. The molecule has 0 fully saturated rings. The fourth-order valence-electron chi connectivity index (χ4n) is 2.86. The van der Waals surface area contributed by atoms with Crippen LogP contribution in [-0.2, 0) is 0 Å². The Morgan fingerprint density at radius 3 is 2.87 bits per heavy atom. The first-order valence-corrected chi connectivity index (χ1v) is 7.84. The molecule has 8 heteroatoms. The topological polar surface area (TPSA) is 81.9 Å². The largest absolute Gasteiger partial charge is 0.467 e. The van der Waals surface area contributed by atoms with Gasteiger partial charge in [0.2, 0.25) is 11.9 Å². The quantitative estimate of drug-likeness (QED) is 0.732. The first kappa shape index (κ1) is 14.4. The van der Waals surface area contributed by atoms with E-state index in [1.807, 2.05) is 24.3 Å². The summed E-state index contributed by atoms with van der Waals surface area (Å²) in [6.07, 6.45) is 2.37. The van der Waals surface area contributed by atoms with Crippen molar-refractivity contribution in [3.63, 3.8) is 0 Å². The van der Waals surface area contributed by atoms with Gasteiger partial charge in [-0.05, 0) is 29.8 Å². The highest BCUT2D eigenvalue weighted by atomic mass is 35.5. The Morgan fingerprint density at radius 2 is 2.13 bits per heavy atom. The molecule has 0 radical (unpaired) electrons. The van der Waals surface area contributed by atoms with E-state index in [-0.39, 0.29) is 18.0 Å². The predicted molar refractivity (Wildman–Crippen MR) is 88.7 cm³/mol. The molecule has 1 aliphatic heterocycles. The maximum atomic E-state index is 6.14. The van der Waals surface area contributed by atoms with Crippen LogP contribution in [0.4, 0.5) is 11.9 Å². The third-order valence-electron chi connectivity index (χ3n) is 3.92. The lowest BCUT2D eigenvalue weighted by Gasteiger charge is -2.30. The lowest BCUT2D eigenvalue weighted by Crippen LogP contribution is -2.27. The van der Waals surface area contributed by atoms with Crippen LogP contribution in [0.25, 0.3) is 0 Å². The number of nitrogens with zero attached hydrogens (tertiary/aromatic N) is 3. The summed E-state index contributed by atoms with van der Waals surface area (Å²) < 4.78 is 7.31. The molecule has 0 spiro atoms. The van der Waals surface area contributed by atoms with Crippen molar-refractivity contribution < 1.29 is 4.42 Å². The first-order chi connectivity index (χ1) is 11.1. The van der Waals surface area contributed by atoms with Gasteiger partial charge in [-0.15, -0.1) is 5.10 Å². The van der Waals surface area contributed by atoms with Crippen molar-refractivity contribution in [3.05, 3.63) is 58.0 Å². The third kappa shape index (κ3) is 2.54. The molecule has 1 aromatic carbocycles. The van der Waals surface area contributed by atoms with Gasteiger partial charge in [0.05, 0.1) is 22.4 Å². The molecule has 0 saturated heterocycles. The summed E-state index contributed by atoms with van der Waals surface area (Å²) in [7, 11) is 0. The highest BCUT2D eigenvalue weighted by Crippen LogP contribution is 2.39. The molecule has 0 aliphatic carbocycles. The van der Waals surface area contributed by atoms with E-state index >= 15 is 0 Å². The second kappa shape index (κ2) is 5.47. The SMILES string of the molecule is Nc1nc2n(n1)[C@H](c1ccco1)C[C@H](c1ccc(Cl)c(Cl)c1)N2. The number of nitrogens with two attached hydrogens (primary N) is 1. The Balaban J connectivity index is 1.75. The lowest BCUT2D eigenvalue weighted by atomic mass is 9.96. The molecule has 6 nitrogen and oxygen atoms in total. The van der Waals surface area contributed by atoms with Crippen LogP contribution >= 0.6 is 23.2 Å². The number of anilines is 2. The smallest absolute Gasteiger partial charge is 0.241 e. The van der Waals surface area contributed by atoms with Crippen LogP contribution in [0.1, 0.15) is 29.8 Å². The van der Waals surface area contributed by atoms with E-state index in [1.165, 1.54) is 0 Å². The molecular formula is C15H13Cl2N5O. The number of benzene rings is 1. The van der Waals surface area contributed by atoms with Crippen molar-refractivity contribution in [3.8, 4) is 0 Å². The summed E-state index contributed by atoms with van der Waals surface area (Å²) in [5.41, 5.74) is 6.77. The Morgan fingerprint density at radius 1 is 1.26 bits per heavy atom. The van der Waals surface area contributed by atoms with Crippen molar-refractivity contribution in [2.75, 3.05) is 11.1 Å². The fraction of sp³-hybridized carbons (Fsp3) is 0.200. The average molecular weight is 350 g/mol. The predicted octanol–water partition coefficient (Wildman–Crippen LogP) is 3.91. The summed E-state index contributed by atoms with van der Waals surface area (Å²) >= 11 is 12.1. The van der Waals surface area contributed by atoms with Gasteiger partial charge in [0, 0.05) is 6.42 Å². The number of fused-ring (bicyclic) bond motifs is 1. The van der Waals surface area contributed by atoms with Gasteiger partial charge in [0.15, 0.2) is 0 Å². The summed E-state index contributed by atoms with van der Waals surface area (Å²) in [5.74, 6) is 1.63. The minimum absolute atomic E-state index is 0.00373. The van der Waals surface area contributed by atoms with Crippen molar-refractivity contribution in [2.45, 2.75) is 18.5 Å². The zero-order valence-electron chi connectivity index (χ0n) is 11.9. The Hall–Kier alpha value is -2.18. The van der Waals surface area contributed by atoms with Gasteiger partial charge < -0.3 is 15.5 Å². The van der Waals surface area contributed by atoms with Gasteiger partial charge in [-0.1, -0.05) is 29.3 Å². The Kier molecular flexibility index (Phi) is 3.43. The maximum absolute atomic E-state index is 6.14. The number of halogens is 2. The second-order valence-electron chi connectivity index (χ2n) is 5.38. The molecule has 4 rings (SSSR count). The number of furan rings is 1. The number of hydrogen-bond donors (Lipinski definition) is 2. The van der Waals surface area contributed by atoms with Gasteiger partial charge in [-0.2, -0.15) is 4.98 Å². The molecule has 1 aliphatic rings. The second-order valence-corrected chi connectivity index (χ2v) is 6.19. The highest BCUT2D eigenvalue weighted by Gasteiger charge is 2.32. The molecule has 2 aromatic heterocycles. The molecule has 3 aromatic rings. The first-order valence-electron chi connectivity index (χ1n) is 7.08. The van der Waals surface area contributed by atoms with Crippen LogP contribution in [0.2, 0.25) is 10.0 Å². The summed E-state index contributed by atoms with van der Waals surface area (Å²) in [6.45, 7) is 0. The Bertz CT molecular complexity index is 846. The van der Waals surface area contributed by atoms with Crippen molar-refractivity contribution in [1.82, 2.24) is 14.8 Å². The van der Waals surface area contributed by atoms with Gasteiger partial charge in [-0.25, -0.2) is 4.68 Å². The van der Waals surface area contributed by atoms with E-state index in [9.17, 15) is 0 Å². The van der Waals surface area contributed by atoms with E-state index in [4.69, 9.17) is 33.4 Å².